The molecule has 0 unspecified atom stereocenters. The van der Waals surface area contributed by atoms with Crippen LogP contribution in [0, 0.1) is 35.1 Å². The molecule has 7 heteroatoms. The number of amides is 1. The first kappa shape index (κ1) is 28.5. The van der Waals surface area contributed by atoms with Crippen molar-refractivity contribution < 1.29 is 27.5 Å². The van der Waals surface area contributed by atoms with E-state index < -0.39 is 40.5 Å². The Balaban J connectivity index is 0.000000380. The summed E-state index contributed by atoms with van der Waals surface area (Å²) in [5, 5.41) is 11.0. The Morgan fingerprint density at radius 2 is 1.27 bits per heavy atom. The van der Waals surface area contributed by atoms with Crippen molar-refractivity contribution in [1.29, 1.82) is 0 Å². The standard InChI is InChI=1S/C14H9F4NO2.C10H20.C2H6/c15-9-8(10(16)12(18)13(20)11(9)17)14(21)19-6-7-4-2-1-3-5-7;1-9-5-3-7-10(2)8-4-6-9;1-2/h1-5,20H,6H2,(H,19,21);9-10H,3-8H2,1-2H3;1-2H3. The maximum atomic E-state index is 13.5. The van der Waals surface area contributed by atoms with Gasteiger partial charge in [0.15, 0.2) is 17.4 Å². The van der Waals surface area contributed by atoms with E-state index in [2.05, 4.69) is 19.2 Å². The normalized spacial score (nSPS) is 17.9. The van der Waals surface area contributed by atoms with Crippen LogP contribution in [0.4, 0.5) is 17.6 Å². The van der Waals surface area contributed by atoms with Crippen LogP contribution >= 0.6 is 0 Å². The molecule has 2 N–H and O–H groups in total. The molecule has 3 nitrogen and oxygen atoms in total. The number of carbonyl (C=O) groups excluding carboxylic acids is 1. The molecule has 0 atom stereocenters. The van der Waals surface area contributed by atoms with Crippen LogP contribution in [0.25, 0.3) is 0 Å². The smallest absolute Gasteiger partial charge is 0.257 e. The lowest BCUT2D eigenvalue weighted by Gasteiger charge is -2.18. The lowest BCUT2D eigenvalue weighted by Crippen LogP contribution is -2.26. The predicted molar refractivity (Wildman–Crippen MR) is 123 cm³/mol. The number of hydrogen-bond acceptors (Lipinski definition) is 2. The molecular formula is C26H35F4NO2. The molecule has 0 radical (unpaired) electrons. The zero-order valence-electron chi connectivity index (χ0n) is 19.9. The number of aromatic hydroxyl groups is 1. The van der Waals surface area contributed by atoms with E-state index in [4.69, 9.17) is 5.11 Å². The molecule has 1 aliphatic carbocycles. The van der Waals surface area contributed by atoms with E-state index in [9.17, 15) is 22.4 Å². The first-order chi connectivity index (χ1) is 15.7. The molecular weight excluding hydrogens is 434 g/mol. The van der Waals surface area contributed by atoms with E-state index in [-0.39, 0.29) is 6.54 Å². The maximum Gasteiger partial charge on any atom is 0.257 e. The highest BCUT2D eigenvalue weighted by Gasteiger charge is 2.29. The molecule has 1 saturated carbocycles. The van der Waals surface area contributed by atoms with Gasteiger partial charge in [-0.1, -0.05) is 96.6 Å². The predicted octanol–water partition coefficient (Wildman–Crippen LogP) is 7.52. The van der Waals surface area contributed by atoms with Gasteiger partial charge in [-0.3, -0.25) is 4.79 Å². The second kappa shape index (κ2) is 14.6. The lowest BCUT2D eigenvalue weighted by molar-refractivity contribution is 0.0939. The number of phenols is 1. The van der Waals surface area contributed by atoms with Gasteiger partial charge >= 0.3 is 0 Å². The van der Waals surface area contributed by atoms with Gasteiger partial charge in [-0.15, -0.1) is 0 Å². The largest absolute Gasteiger partial charge is 0.503 e. The Morgan fingerprint density at radius 1 is 0.848 bits per heavy atom. The molecule has 0 bridgehead atoms. The highest BCUT2D eigenvalue weighted by molar-refractivity contribution is 5.95. The quantitative estimate of drug-likeness (QED) is 0.361. The van der Waals surface area contributed by atoms with Gasteiger partial charge in [0.1, 0.15) is 5.56 Å². The van der Waals surface area contributed by atoms with Crippen LogP contribution in [0.15, 0.2) is 30.3 Å². The van der Waals surface area contributed by atoms with Gasteiger partial charge in [0, 0.05) is 6.54 Å². The average Bonchev–Trinajstić information content (AvgIpc) is 2.81. The zero-order chi connectivity index (χ0) is 25.0. The van der Waals surface area contributed by atoms with Crippen molar-refractivity contribution in [2.24, 2.45) is 11.8 Å². The number of rotatable bonds is 3. The van der Waals surface area contributed by atoms with Crippen molar-refractivity contribution in [3.63, 3.8) is 0 Å². The molecule has 0 saturated heterocycles. The Hall–Kier alpha value is -2.57. The van der Waals surface area contributed by atoms with Crippen molar-refractivity contribution in [2.75, 3.05) is 0 Å². The van der Waals surface area contributed by atoms with Crippen LogP contribution in [-0.4, -0.2) is 11.0 Å². The molecule has 0 aromatic heterocycles. The van der Waals surface area contributed by atoms with Crippen LogP contribution in [0.3, 0.4) is 0 Å². The van der Waals surface area contributed by atoms with E-state index in [1.807, 2.05) is 13.8 Å². The molecule has 1 aliphatic rings. The van der Waals surface area contributed by atoms with E-state index in [1.54, 1.807) is 30.3 Å². The molecule has 1 amide bonds. The van der Waals surface area contributed by atoms with Crippen LogP contribution in [0.1, 0.15) is 82.1 Å². The maximum absolute atomic E-state index is 13.5. The average molecular weight is 470 g/mol. The summed E-state index contributed by atoms with van der Waals surface area (Å²) in [4.78, 5) is 11.7. The SMILES string of the molecule is CC.CC1CCCC(C)CCC1.O=C(NCc1ccccc1)c1c(F)c(F)c(O)c(F)c1F. The zero-order valence-corrected chi connectivity index (χ0v) is 19.9. The number of phenolic OH excluding ortho intramolecular Hbond substituents is 1. The Kier molecular flexibility index (Phi) is 12.6. The van der Waals surface area contributed by atoms with E-state index in [0.29, 0.717) is 5.56 Å². The van der Waals surface area contributed by atoms with Gasteiger partial charge in [0.2, 0.25) is 11.6 Å². The minimum atomic E-state index is -2.02. The fourth-order valence-electron chi connectivity index (χ4n) is 3.60. The molecule has 0 aliphatic heterocycles. The van der Waals surface area contributed by atoms with Crippen LogP contribution in [-0.2, 0) is 6.54 Å². The Morgan fingerprint density at radius 3 is 1.70 bits per heavy atom. The molecule has 0 spiro atoms. The molecule has 33 heavy (non-hydrogen) atoms. The third-order valence-corrected chi connectivity index (χ3v) is 5.55. The number of halogens is 4. The van der Waals surface area contributed by atoms with Gasteiger partial charge in [0.05, 0.1) is 0 Å². The Bertz CT molecular complexity index is 825. The summed E-state index contributed by atoms with van der Waals surface area (Å²) in [5.74, 6) is -9.04. The molecule has 2 aromatic carbocycles. The molecule has 2 aromatic rings. The number of benzene rings is 2. The van der Waals surface area contributed by atoms with E-state index >= 15 is 0 Å². The molecule has 3 rings (SSSR count). The van der Waals surface area contributed by atoms with Crippen molar-refractivity contribution in [2.45, 2.75) is 72.8 Å². The van der Waals surface area contributed by atoms with Gasteiger partial charge in [-0.05, 0) is 17.4 Å². The van der Waals surface area contributed by atoms with Crippen molar-refractivity contribution >= 4 is 5.91 Å². The molecule has 1 fully saturated rings. The van der Waals surface area contributed by atoms with Gasteiger partial charge in [-0.2, -0.15) is 8.78 Å². The summed E-state index contributed by atoms with van der Waals surface area (Å²) in [7, 11) is 0. The van der Waals surface area contributed by atoms with E-state index in [1.165, 1.54) is 38.5 Å². The number of hydrogen-bond donors (Lipinski definition) is 2. The van der Waals surface area contributed by atoms with Crippen LogP contribution in [0.2, 0.25) is 0 Å². The van der Waals surface area contributed by atoms with Gasteiger partial charge in [-0.25, -0.2) is 8.78 Å². The third-order valence-electron chi connectivity index (χ3n) is 5.55. The second-order valence-electron chi connectivity index (χ2n) is 8.22. The second-order valence-corrected chi connectivity index (χ2v) is 8.22. The topological polar surface area (TPSA) is 49.3 Å². The van der Waals surface area contributed by atoms with E-state index in [0.717, 1.165) is 11.8 Å². The summed E-state index contributed by atoms with van der Waals surface area (Å²) in [6, 6.07) is 8.39. The first-order valence-electron chi connectivity index (χ1n) is 11.6. The molecule has 184 valence electrons. The van der Waals surface area contributed by atoms with Crippen LogP contribution in [0.5, 0.6) is 5.75 Å². The van der Waals surface area contributed by atoms with Gasteiger partial charge < -0.3 is 10.4 Å². The fourth-order valence-corrected chi connectivity index (χ4v) is 3.60. The van der Waals surface area contributed by atoms with Crippen molar-refractivity contribution in [1.82, 2.24) is 5.32 Å². The summed E-state index contributed by atoms with van der Waals surface area (Å²) in [5.41, 5.74) is -0.787. The third kappa shape index (κ3) is 8.71. The summed E-state index contributed by atoms with van der Waals surface area (Å²) in [6.07, 6.45) is 8.86. The van der Waals surface area contributed by atoms with Gasteiger partial charge in [0.25, 0.3) is 5.91 Å². The number of nitrogens with one attached hydrogen (secondary N) is 1. The summed E-state index contributed by atoms with van der Waals surface area (Å²) in [6.45, 7) is 8.72. The van der Waals surface area contributed by atoms with Crippen molar-refractivity contribution in [3.05, 3.63) is 64.7 Å². The highest BCUT2D eigenvalue weighted by Crippen LogP contribution is 2.29. The fraction of sp³-hybridized carbons (Fsp3) is 0.500. The van der Waals surface area contributed by atoms with Crippen molar-refractivity contribution in [3.8, 4) is 5.75 Å². The molecule has 0 heterocycles. The lowest BCUT2D eigenvalue weighted by atomic mass is 9.88. The highest BCUT2D eigenvalue weighted by atomic mass is 19.2. The summed E-state index contributed by atoms with van der Waals surface area (Å²) < 4.78 is 53.2. The summed E-state index contributed by atoms with van der Waals surface area (Å²) >= 11 is 0. The first-order valence-corrected chi connectivity index (χ1v) is 11.6. The van der Waals surface area contributed by atoms with Crippen LogP contribution < -0.4 is 5.32 Å². The minimum absolute atomic E-state index is 0.0807. The Labute approximate surface area is 194 Å². The monoisotopic (exact) mass is 469 g/mol. The minimum Gasteiger partial charge on any atom is -0.503 e. The number of carbonyl (C=O) groups is 1.